The summed E-state index contributed by atoms with van der Waals surface area (Å²) in [6.07, 6.45) is 0. The number of thiophene rings is 1. The maximum absolute atomic E-state index is 5.64. The Morgan fingerprint density at radius 2 is 0.904 bits per heavy atom. The third-order valence-electron chi connectivity index (χ3n) is 11.2. The molecule has 6 aromatic heterocycles. The quantitative estimate of drug-likeness (QED) is 0.182. The zero-order valence-electron chi connectivity index (χ0n) is 27.6. The molecule has 0 bridgehead atoms. The van der Waals surface area contributed by atoms with Gasteiger partial charge in [0.25, 0.3) is 0 Å². The molecule has 5 nitrogen and oxygen atoms in total. The van der Waals surface area contributed by atoms with Gasteiger partial charge in [0.2, 0.25) is 5.95 Å². The second-order valence-electron chi connectivity index (χ2n) is 13.8. The van der Waals surface area contributed by atoms with Crippen LogP contribution in [0.5, 0.6) is 0 Å². The van der Waals surface area contributed by atoms with Crippen molar-refractivity contribution in [3.05, 3.63) is 152 Å². The van der Waals surface area contributed by atoms with Gasteiger partial charge in [-0.2, -0.15) is 4.98 Å². The minimum Gasteiger partial charge on any atom is -0.308 e. The molecular formula is C46H25N5S. The van der Waals surface area contributed by atoms with Crippen LogP contribution in [0.15, 0.2) is 152 Å². The molecule has 52 heavy (non-hydrogen) atoms. The van der Waals surface area contributed by atoms with E-state index in [-0.39, 0.29) is 0 Å². The molecule has 0 aliphatic carbocycles. The summed E-state index contributed by atoms with van der Waals surface area (Å²) in [7, 11) is 0. The standard InChI is InChI=1S/C46H25N5S/c1-8-20-34-26(13-1)27-14-2-9-21-35(27)50(34)45-44-42(31-18-6-12-24-39(31)52-44)47-46(48-45)51-37-23-11-4-16-29(37)40-38(51)25-32-28-15-3-7-19-33(28)49-36-22-10-5-17-30(36)41(40)43(32)49/h1-25H. The van der Waals surface area contributed by atoms with Crippen LogP contribution in [0.3, 0.4) is 0 Å². The largest absolute Gasteiger partial charge is 0.308 e. The number of hydrogen-bond acceptors (Lipinski definition) is 3. The summed E-state index contributed by atoms with van der Waals surface area (Å²) < 4.78 is 9.41. The summed E-state index contributed by atoms with van der Waals surface area (Å²) in [6.45, 7) is 0. The van der Waals surface area contributed by atoms with Crippen molar-refractivity contribution in [3.8, 4) is 11.8 Å². The maximum atomic E-state index is 5.64. The predicted molar refractivity (Wildman–Crippen MR) is 218 cm³/mol. The van der Waals surface area contributed by atoms with E-state index < -0.39 is 0 Å². The molecule has 7 aromatic carbocycles. The Labute approximate surface area is 299 Å². The summed E-state index contributed by atoms with van der Waals surface area (Å²) in [4.78, 5) is 11.2. The molecule has 0 fully saturated rings. The molecule has 0 aliphatic heterocycles. The molecule has 0 amide bonds. The van der Waals surface area contributed by atoms with Crippen molar-refractivity contribution in [1.82, 2.24) is 23.5 Å². The minimum absolute atomic E-state index is 0.667. The van der Waals surface area contributed by atoms with Crippen molar-refractivity contribution < 1.29 is 0 Å². The monoisotopic (exact) mass is 679 g/mol. The van der Waals surface area contributed by atoms with Gasteiger partial charge in [0.15, 0.2) is 5.82 Å². The van der Waals surface area contributed by atoms with E-state index in [4.69, 9.17) is 9.97 Å². The molecule has 0 radical (unpaired) electrons. The van der Waals surface area contributed by atoms with Gasteiger partial charge in [-0.1, -0.05) is 109 Å². The summed E-state index contributed by atoms with van der Waals surface area (Å²) in [5, 5.41) is 11.0. The molecule has 0 N–H and O–H groups in total. The van der Waals surface area contributed by atoms with Crippen molar-refractivity contribution in [1.29, 1.82) is 0 Å². The molecule has 13 rings (SSSR count). The second kappa shape index (κ2) is 9.51. The number of rotatable bonds is 2. The lowest BCUT2D eigenvalue weighted by atomic mass is 10.0. The number of aromatic nitrogens is 5. The molecule has 0 atom stereocenters. The van der Waals surface area contributed by atoms with Crippen molar-refractivity contribution in [3.63, 3.8) is 0 Å². The fourth-order valence-corrected chi connectivity index (χ4v) is 10.3. The van der Waals surface area contributed by atoms with Crippen LogP contribution in [0.25, 0.3) is 114 Å². The smallest absolute Gasteiger partial charge is 0.237 e. The third kappa shape index (κ3) is 3.20. The summed E-state index contributed by atoms with van der Waals surface area (Å²) in [5.74, 6) is 1.57. The highest BCUT2D eigenvalue weighted by molar-refractivity contribution is 7.26. The summed E-state index contributed by atoms with van der Waals surface area (Å²) in [5.41, 5.74) is 9.16. The molecular weight excluding hydrogens is 655 g/mol. The molecule has 0 unspecified atom stereocenters. The number of nitrogens with zero attached hydrogens (tertiary/aromatic N) is 5. The van der Waals surface area contributed by atoms with Crippen molar-refractivity contribution >= 4 is 113 Å². The summed E-state index contributed by atoms with van der Waals surface area (Å²) >= 11 is 1.77. The lowest BCUT2D eigenvalue weighted by Crippen LogP contribution is -2.06. The number of hydrogen-bond donors (Lipinski definition) is 0. The first-order valence-corrected chi connectivity index (χ1v) is 18.4. The Morgan fingerprint density at radius 1 is 0.404 bits per heavy atom. The number of para-hydroxylation sites is 5. The van der Waals surface area contributed by atoms with Gasteiger partial charge < -0.3 is 4.40 Å². The van der Waals surface area contributed by atoms with E-state index in [9.17, 15) is 0 Å². The molecule has 0 spiro atoms. The highest BCUT2D eigenvalue weighted by atomic mass is 32.1. The Balaban J connectivity index is 1.26. The van der Waals surface area contributed by atoms with E-state index in [1.54, 1.807) is 11.3 Å². The molecule has 13 aromatic rings. The van der Waals surface area contributed by atoms with Crippen LogP contribution in [0.4, 0.5) is 0 Å². The molecule has 0 saturated heterocycles. The fraction of sp³-hybridized carbons (Fsp3) is 0. The van der Waals surface area contributed by atoms with Gasteiger partial charge in [-0.25, -0.2) is 4.98 Å². The third-order valence-corrected chi connectivity index (χ3v) is 12.3. The van der Waals surface area contributed by atoms with Crippen LogP contribution in [-0.2, 0) is 0 Å². The minimum atomic E-state index is 0.667. The fourth-order valence-electron chi connectivity index (χ4n) is 9.15. The van der Waals surface area contributed by atoms with Crippen LogP contribution in [0.1, 0.15) is 0 Å². The van der Waals surface area contributed by atoms with Gasteiger partial charge in [0.1, 0.15) is 0 Å². The Kier molecular flexibility index (Phi) is 4.94. The van der Waals surface area contributed by atoms with Gasteiger partial charge in [0, 0.05) is 53.2 Å². The first kappa shape index (κ1) is 27.0. The highest BCUT2D eigenvalue weighted by Crippen LogP contribution is 2.47. The lowest BCUT2D eigenvalue weighted by molar-refractivity contribution is 0.977. The van der Waals surface area contributed by atoms with E-state index in [2.05, 4.69) is 165 Å². The Hall–Kier alpha value is -6.76. The first-order chi connectivity index (χ1) is 25.8. The van der Waals surface area contributed by atoms with Gasteiger partial charge in [-0.15, -0.1) is 11.3 Å². The number of benzene rings is 7. The zero-order chi connectivity index (χ0) is 33.7. The van der Waals surface area contributed by atoms with E-state index in [0.717, 1.165) is 43.5 Å². The average Bonchev–Trinajstić information content (AvgIpc) is 3.99. The normalized spacial score (nSPS) is 12.6. The van der Waals surface area contributed by atoms with Gasteiger partial charge in [-0.3, -0.25) is 9.13 Å². The van der Waals surface area contributed by atoms with Gasteiger partial charge >= 0.3 is 0 Å². The average molecular weight is 680 g/mol. The van der Waals surface area contributed by atoms with Crippen molar-refractivity contribution in [2.45, 2.75) is 0 Å². The molecule has 0 saturated carbocycles. The summed E-state index contributed by atoms with van der Waals surface area (Å²) in [6, 6.07) is 54.7. The Bertz CT molecular complexity index is 3600. The second-order valence-corrected chi connectivity index (χ2v) is 14.8. The van der Waals surface area contributed by atoms with Crippen molar-refractivity contribution in [2.75, 3.05) is 0 Å². The van der Waals surface area contributed by atoms with E-state index in [1.807, 2.05) is 0 Å². The van der Waals surface area contributed by atoms with Crippen LogP contribution in [0.2, 0.25) is 0 Å². The van der Waals surface area contributed by atoms with E-state index in [0.29, 0.717) is 5.95 Å². The van der Waals surface area contributed by atoms with Crippen LogP contribution < -0.4 is 0 Å². The topological polar surface area (TPSA) is 40.0 Å². The lowest BCUT2D eigenvalue weighted by Gasteiger charge is -2.12. The van der Waals surface area contributed by atoms with Gasteiger partial charge in [-0.05, 0) is 42.5 Å². The maximum Gasteiger partial charge on any atom is 0.237 e. The van der Waals surface area contributed by atoms with Crippen LogP contribution in [-0.4, -0.2) is 23.5 Å². The molecule has 0 aliphatic rings. The Morgan fingerprint density at radius 3 is 1.58 bits per heavy atom. The predicted octanol–water partition coefficient (Wildman–Crippen LogP) is 12.2. The van der Waals surface area contributed by atoms with Crippen molar-refractivity contribution in [2.24, 2.45) is 0 Å². The zero-order valence-corrected chi connectivity index (χ0v) is 28.4. The van der Waals surface area contributed by atoms with E-state index >= 15 is 0 Å². The van der Waals surface area contributed by atoms with Crippen LogP contribution >= 0.6 is 11.3 Å². The van der Waals surface area contributed by atoms with Crippen LogP contribution in [0, 0.1) is 0 Å². The molecule has 6 heterocycles. The SMILES string of the molecule is c1ccc2c(c1)sc1c(-n3c4ccccc4c4ccccc43)nc(-n3c4ccccc4c4c5c6ccccc6n6c7ccccc7c(cc43)c56)nc12. The molecule has 6 heteroatoms. The first-order valence-electron chi connectivity index (χ1n) is 17.6. The highest BCUT2D eigenvalue weighted by Gasteiger charge is 2.26. The van der Waals surface area contributed by atoms with E-state index in [1.165, 1.54) is 64.3 Å². The molecule has 240 valence electrons. The van der Waals surface area contributed by atoms with Gasteiger partial charge in [0.05, 0.1) is 48.8 Å². The number of fused-ring (bicyclic) bond motifs is 16.